The Hall–Kier alpha value is -2.35. The first kappa shape index (κ1) is 21.4. The van der Waals surface area contributed by atoms with E-state index >= 15 is 0 Å². The monoisotopic (exact) mass is 457 g/mol. The zero-order chi connectivity index (χ0) is 20.2. The number of rotatable bonds is 5. The zero-order valence-corrected chi connectivity index (χ0v) is 17.4. The molecule has 0 spiro atoms. The van der Waals surface area contributed by atoms with Gasteiger partial charge in [0, 0.05) is 17.2 Å². The molecule has 0 unspecified atom stereocenters. The van der Waals surface area contributed by atoms with Crippen LogP contribution in [0.3, 0.4) is 0 Å². The van der Waals surface area contributed by atoms with Crippen LogP contribution in [0.25, 0.3) is 5.78 Å². The number of primary amides is 1. The third-order valence-electron chi connectivity index (χ3n) is 4.31. The van der Waals surface area contributed by atoms with Crippen LogP contribution >= 0.6 is 35.9 Å². The van der Waals surface area contributed by atoms with Crippen molar-refractivity contribution in [1.29, 1.82) is 0 Å². The van der Waals surface area contributed by atoms with E-state index < -0.39 is 17.9 Å². The number of β-lactam (4-membered cyclic amide) rings is 1. The SMILES string of the molecule is Cc1cc(SCC2=C(C(=O)O)N3C(=O)[C@@H](N)[C@H]3SC2)n2nc(C(N)=O)nc2n1.Cl. The summed E-state index contributed by atoms with van der Waals surface area (Å²) >= 11 is 2.75. The molecule has 4 rings (SSSR count). The predicted molar refractivity (Wildman–Crippen MR) is 108 cm³/mol. The zero-order valence-electron chi connectivity index (χ0n) is 14.9. The number of hydrogen-bond acceptors (Lipinski definition) is 9. The molecule has 11 nitrogen and oxygen atoms in total. The molecule has 0 radical (unpaired) electrons. The molecule has 2 aliphatic rings. The fraction of sp³-hybridized carbons (Fsp3) is 0.333. The average molecular weight is 458 g/mol. The summed E-state index contributed by atoms with van der Waals surface area (Å²) in [7, 11) is 0. The summed E-state index contributed by atoms with van der Waals surface area (Å²) in [6.07, 6.45) is 0. The third-order valence-corrected chi connectivity index (χ3v) is 6.75. The Labute approximate surface area is 178 Å². The number of aryl methyl sites for hydroxylation is 1. The highest BCUT2D eigenvalue weighted by molar-refractivity contribution is 8.01. The number of carbonyl (C=O) groups excluding carboxylic acids is 2. The second-order valence-electron chi connectivity index (χ2n) is 6.23. The van der Waals surface area contributed by atoms with Crippen LogP contribution in [0, 0.1) is 6.92 Å². The van der Waals surface area contributed by atoms with E-state index in [2.05, 4.69) is 15.1 Å². The van der Waals surface area contributed by atoms with Gasteiger partial charge in [-0.1, -0.05) is 0 Å². The minimum absolute atomic E-state index is 0. The first-order valence-electron chi connectivity index (χ1n) is 8.10. The number of nitrogens with zero attached hydrogens (tertiary/aromatic N) is 5. The van der Waals surface area contributed by atoms with Crippen molar-refractivity contribution in [3.05, 3.63) is 28.9 Å². The average Bonchev–Trinajstić information content (AvgIpc) is 3.08. The summed E-state index contributed by atoms with van der Waals surface area (Å²) in [6, 6.07) is 1.08. The van der Waals surface area contributed by atoms with Crippen LogP contribution in [-0.2, 0) is 9.59 Å². The lowest BCUT2D eigenvalue weighted by Gasteiger charge is -2.48. The molecule has 1 saturated heterocycles. The Morgan fingerprint density at radius 2 is 2.14 bits per heavy atom. The maximum Gasteiger partial charge on any atom is 0.352 e. The predicted octanol–water partition coefficient (Wildman–Crippen LogP) is -0.373. The standard InChI is InChI=1S/C15H15N7O4S2.ClH/c1-5-2-7(22-15(18-5)19-11(20-22)10(17)23)27-3-6-4-28-13-8(16)12(24)21(13)9(6)14(25)26;/h2,8,13H,3-4,16H2,1H3,(H2,17,23)(H,25,26);1H/t8-,13-;/m1./s1. The van der Waals surface area contributed by atoms with Gasteiger partial charge in [0.1, 0.15) is 22.1 Å². The van der Waals surface area contributed by atoms with Gasteiger partial charge in [0.2, 0.25) is 11.7 Å². The van der Waals surface area contributed by atoms with E-state index in [0.717, 1.165) is 0 Å². The van der Waals surface area contributed by atoms with Gasteiger partial charge in [-0.15, -0.1) is 41.0 Å². The van der Waals surface area contributed by atoms with Crippen molar-refractivity contribution in [2.75, 3.05) is 11.5 Å². The molecule has 2 aliphatic heterocycles. The first-order chi connectivity index (χ1) is 13.3. The molecular weight excluding hydrogens is 442 g/mol. The second kappa shape index (κ2) is 7.82. The van der Waals surface area contributed by atoms with Crippen molar-refractivity contribution in [2.24, 2.45) is 11.5 Å². The van der Waals surface area contributed by atoms with E-state index in [-0.39, 0.29) is 41.0 Å². The van der Waals surface area contributed by atoms with E-state index in [1.54, 1.807) is 13.0 Å². The lowest BCUT2D eigenvalue weighted by Crippen LogP contribution is -2.68. The number of halogens is 1. The van der Waals surface area contributed by atoms with Gasteiger partial charge in [-0.3, -0.25) is 14.5 Å². The van der Waals surface area contributed by atoms with Crippen molar-refractivity contribution in [3.8, 4) is 0 Å². The molecule has 0 bridgehead atoms. The molecular formula is C15H16ClN7O4S2. The lowest BCUT2D eigenvalue weighted by molar-refractivity contribution is -0.147. The number of aromatic nitrogens is 4. The summed E-state index contributed by atoms with van der Waals surface area (Å²) in [5.74, 6) is -1.47. The number of fused-ring (bicyclic) bond motifs is 2. The lowest BCUT2D eigenvalue weighted by atomic mass is 10.0. The summed E-state index contributed by atoms with van der Waals surface area (Å²) in [4.78, 5) is 44.6. The minimum atomic E-state index is -1.16. The van der Waals surface area contributed by atoms with Gasteiger partial charge in [-0.05, 0) is 18.6 Å². The highest BCUT2D eigenvalue weighted by atomic mass is 35.5. The van der Waals surface area contributed by atoms with Crippen LogP contribution in [0.2, 0.25) is 0 Å². The smallest absolute Gasteiger partial charge is 0.352 e. The Balaban J connectivity index is 0.00000240. The molecule has 154 valence electrons. The van der Waals surface area contributed by atoms with Gasteiger partial charge in [0.15, 0.2) is 0 Å². The molecule has 29 heavy (non-hydrogen) atoms. The molecule has 0 aromatic carbocycles. The quantitative estimate of drug-likeness (QED) is 0.305. The van der Waals surface area contributed by atoms with Gasteiger partial charge in [0.05, 0.1) is 0 Å². The number of thioether (sulfide) groups is 2. The fourth-order valence-electron chi connectivity index (χ4n) is 3.01. The molecule has 0 aliphatic carbocycles. The number of carbonyl (C=O) groups is 3. The topological polar surface area (TPSA) is 170 Å². The Bertz CT molecular complexity index is 1070. The number of amides is 2. The van der Waals surface area contributed by atoms with Crippen molar-refractivity contribution in [2.45, 2.75) is 23.4 Å². The molecule has 1 fully saturated rings. The number of hydrogen-bond donors (Lipinski definition) is 3. The van der Waals surface area contributed by atoms with Crippen LogP contribution in [0.15, 0.2) is 22.4 Å². The molecule has 2 aromatic rings. The molecule has 4 heterocycles. The molecule has 0 saturated carbocycles. The third kappa shape index (κ3) is 3.54. The number of nitrogens with two attached hydrogens (primary N) is 2. The van der Waals surface area contributed by atoms with Crippen molar-refractivity contribution in [1.82, 2.24) is 24.5 Å². The van der Waals surface area contributed by atoms with Crippen molar-refractivity contribution in [3.63, 3.8) is 0 Å². The van der Waals surface area contributed by atoms with E-state index in [9.17, 15) is 19.5 Å². The fourth-order valence-corrected chi connectivity index (χ4v) is 5.49. The summed E-state index contributed by atoms with van der Waals surface area (Å²) in [5, 5.41) is 14.0. The van der Waals surface area contributed by atoms with Gasteiger partial charge in [-0.25, -0.2) is 9.78 Å². The van der Waals surface area contributed by atoms with Crippen molar-refractivity contribution < 1.29 is 19.5 Å². The van der Waals surface area contributed by atoms with Crippen LogP contribution in [0.4, 0.5) is 0 Å². The highest BCUT2D eigenvalue weighted by Crippen LogP contribution is 2.40. The maximum atomic E-state index is 12.0. The molecule has 2 aromatic heterocycles. The van der Waals surface area contributed by atoms with Gasteiger partial charge < -0.3 is 16.6 Å². The van der Waals surface area contributed by atoms with E-state index in [4.69, 9.17) is 11.5 Å². The Kier molecular flexibility index (Phi) is 5.76. The molecule has 14 heteroatoms. The summed E-state index contributed by atoms with van der Waals surface area (Å²) in [6.45, 7) is 1.77. The highest BCUT2D eigenvalue weighted by Gasteiger charge is 2.51. The summed E-state index contributed by atoms with van der Waals surface area (Å²) in [5.41, 5.74) is 12.2. The summed E-state index contributed by atoms with van der Waals surface area (Å²) < 4.78 is 1.39. The Morgan fingerprint density at radius 1 is 1.41 bits per heavy atom. The van der Waals surface area contributed by atoms with Crippen LogP contribution in [0.5, 0.6) is 0 Å². The normalized spacial score (nSPS) is 20.9. The molecule has 2 amide bonds. The minimum Gasteiger partial charge on any atom is -0.477 e. The maximum absolute atomic E-state index is 12.0. The van der Waals surface area contributed by atoms with Gasteiger partial charge >= 0.3 is 5.97 Å². The van der Waals surface area contributed by atoms with Crippen molar-refractivity contribution >= 4 is 59.5 Å². The molecule has 5 N–H and O–H groups in total. The largest absolute Gasteiger partial charge is 0.477 e. The van der Waals surface area contributed by atoms with Crippen LogP contribution < -0.4 is 11.5 Å². The van der Waals surface area contributed by atoms with Crippen LogP contribution in [0.1, 0.15) is 16.3 Å². The number of carboxylic acid groups (broad SMARTS) is 1. The number of carboxylic acids is 1. The van der Waals surface area contributed by atoms with E-state index in [1.807, 2.05) is 0 Å². The molecule has 2 atom stereocenters. The van der Waals surface area contributed by atoms with E-state index in [1.165, 1.54) is 32.9 Å². The Morgan fingerprint density at radius 3 is 2.79 bits per heavy atom. The van der Waals surface area contributed by atoms with Gasteiger partial charge in [0.25, 0.3) is 11.7 Å². The first-order valence-corrected chi connectivity index (χ1v) is 10.1. The second-order valence-corrected chi connectivity index (χ2v) is 8.33. The van der Waals surface area contributed by atoms with E-state index in [0.29, 0.717) is 27.8 Å². The number of aliphatic carboxylic acids is 1. The van der Waals surface area contributed by atoms with Crippen LogP contribution in [-0.4, -0.2) is 70.3 Å². The van der Waals surface area contributed by atoms with Gasteiger partial charge in [-0.2, -0.15) is 9.50 Å².